The van der Waals surface area contributed by atoms with Crippen LogP contribution in [0.1, 0.15) is 29.3 Å². The summed E-state index contributed by atoms with van der Waals surface area (Å²) in [6.45, 7) is 2.31. The topological polar surface area (TPSA) is 46.2 Å². The van der Waals surface area contributed by atoms with Gasteiger partial charge in [0.15, 0.2) is 0 Å². The molecule has 1 aromatic rings. The van der Waals surface area contributed by atoms with Crippen molar-refractivity contribution in [3.63, 3.8) is 0 Å². The lowest BCUT2D eigenvalue weighted by atomic mass is 10.1. The van der Waals surface area contributed by atoms with Crippen LogP contribution in [0.4, 0.5) is 0 Å². The van der Waals surface area contributed by atoms with Crippen LogP contribution in [-0.4, -0.2) is 11.7 Å². The van der Waals surface area contributed by atoms with Gasteiger partial charge in [-0.05, 0) is 36.8 Å². The lowest BCUT2D eigenvalue weighted by Crippen LogP contribution is -2.10. The summed E-state index contributed by atoms with van der Waals surface area (Å²) in [5.41, 5.74) is 7.19. The van der Waals surface area contributed by atoms with Crippen molar-refractivity contribution in [3.8, 4) is 0 Å². The standard InChI is InChI=1S/C9H15NOS.ClH/c1-7-4-6-12-9(7)8(10)3-2-5-11;/h4,6,8,11H,2-3,5,10H2,1H3;1H/t8-;/m1./s1. The molecular formula is C9H16ClNOS. The van der Waals surface area contributed by atoms with Gasteiger partial charge >= 0.3 is 0 Å². The smallest absolute Gasteiger partial charge is 0.0431 e. The van der Waals surface area contributed by atoms with Gasteiger partial charge in [-0.15, -0.1) is 23.7 Å². The molecule has 1 rings (SSSR count). The van der Waals surface area contributed by atoms with E-state index in [2.05, 4.69) is 18.4 Å². The molecule has 0 aromatic carbocycles. The lowest BCUT2D eigenvalue weighted by Gasteiger charge is -2.09. The van der Waals surface area contributed by atoms with Gasteiger partial charge in [0.2, 0.25) is 0 Å². The fraction of sp³-hybridized carbons (Fsp3) is 0.556. The van der Waals surface area contributed by atoms with Crippen LogP contribution in [0.3, 0.4) is 0 Å². The average molecular weight is 222 g/mol. The van der Waals surface area contributed by atoms with Gasteiger partial charge in [-0.2, -0.15) is 0 Å². The number of halogens is 1. The first kappa shape index (κ1) is 12.9. The van der Waals surface area contributed by atoms with Crippen molar-refractivity contribution in [2.45, 2.75) is 25.8 Å². The molecule has 1 atom stereocenters. The Morgan fingerprint density at radius 1 is 1.62 bits per heavy atom. The van der Waals surface area contributed by atoms with Crippen molar-refractivity contribution < 1.29 is 5.11 Å². The maximum atomic E-state index is 8.63. The fourth-order valence-corrected chi connectivity index (χ4v) is 2.17. The molecule has 0 spiro atoms. The lowest BCUT2D eigenvalue weighted by molar-refractivity contribution is 0.280. The van der Waals surface area contributed by atoms with E-state index in [-0.39, 0.29) is 25.1 Å². The Labute approximate surface area is 89.2 Å². The average Bonchev–Trinajstić information content (AvgIpc) is 2.47. The van der Waals surface area contributed by atoms with Crippen LogP contribution in [0, 0.1) is 6.92 Å². The highest BCUT2D eigenvalue weighted by molar-refractivity contribution is 7.10. The molecule has 0 aliphatic rings. The number of nitrogens with two attached hydrogens (primary N) is 1. The summed E-state index contributed by atoms with van der Waals surface area (Å²) in [7, 11) is 0. The Hall–Kier alpha value is -0.0900. The molecule has 2 nitrogen and oxygen atoms in total. The molecule has 0 fully saturated rings. The van der Waals surface area contributed by atoms with Crippen LogP contribution in [0.2, 0.25) is 0 Å². The molecule has 4 heteroatoms. The van der Waals surface area contributed by atoms with E-state index in [9.17, 15) is 0 Å². The van der Waals surface area contributed by atoms with E-state index >= 15 is 0 Å². The number of hydrogen-bond donors (Lipinski definition) is 2. The number of aliphatic hydroxyl groups excluding tert-OH is 1. The van der Waals surface area contributed by atoms with Gasteiger partial charge in [-0.1, -0.05) is 0 Å². The second kappa shape index (κ2) is 6.38. The van der Waals surface area contributed by atoms with E-state index in [1.165, 1.54) is 10.4 Å². The zero-order chi connectivity index (χ0) is 8.97. The van der Waals surface area contributed by atoms with Gasteiger partial charge in [-0.25, -0.2) is 0 Å². The molecular weight excluding hydrogens is 206 g/mol. The number of aryl methyl sites for hydroxylation is 1. The monoisotopic (exact) mass is 221 g/mol. The molecule has 13 heavy (non-hydrogen) atoms. The molecule has 1 heterocycles. The van der Waals surface area contributed by atoms with Crippen molar-refractivity contribution in [2.24, 2.45) is 5.73 Å². The number of hydrogen-bond acceptors (Lipinski definition) is 3. The molecule has 0 saturated heterocycles. The fourth-order valence-electron chi connectivity index (χ4n) is 1.21. The first-order valence-electron chi connectivity index (χ1n) is 4.16. The van der Waals surface area contributed by atoms with Gasteiger partial charge in [0.25, 0.3) is 0 Å². The van der Waals surface area contributed by atoms with Crippen LogP contribution in [0.25, 0.3) is 0 Å². The highest BCUT2D eigenvalue weighted by Gasteiger charge is 2.08. The predicted octanol–water partition coefficient (Wildman–Crippen LogP) is 2.25. The summed E-state index contributed by atoms with van der Waals surface area (Å²) < 4.78 is 0. The van der Waals surface area contributed by atoms with Crippen molar-refractivity contribution in [2.75, 3.05) is 6.61 Å². The van der Waals surface area contributed by atoms with Crippen LogP contribution < -0.4 is 5.73 Å². The molecule has 76 valence electrons. The maximum absolute atomic E-state index is 8.63. The summed E-state index contributed by atoms with van der Waals surface area (Å²) in [4.78, 5) is 1.25. The van der Waals surface area contributed by atoms with E-state index < -0.39 is 0 Å². The van der Waals surface area contributed by atoms with Crippen LogP contribution in [-0.2, 0) is 0 Å². The third kappa shape index (κ3) is 3.65. The minimum atomic E-state index is 0. The summed E-state index contributed by atoms with van der Waals surface area (Å²) in [6.07, 6.45) is 1.66. The molecule has 0 bridgehead atoms. The van der Waals surface area contributed by atoms with Gasteiger partial charge in [0.1, 0.15) is 0 Å². The number of aliphatic hydroxyl groups is 1. The molecule has 0 unspecified atom stereocenters. The first-order valence-corrected chi connectivity index (χ1v) is 5.04. The maximum Gasteiger partial charge on any atom is 0.0431 e. The molecule has 0 aliphatic heterocycles. The predicted molar refractivity (Wildman–Crippen MR) is 59.6 cm³/mol. The van der Waals surface area contributed by atoms with Gasteiger partial charge in [0, 0.05) is 17.5 Å². The Kier molecular flexibility index (Phi) is 6.33. The highest BCUT2D eigenvalue weighted by atomic mass is 35.5. The zero-order valence-electron chi connectivity index (χ0n) is 7.69. The van der Waals surface area contributed by atoms with Crippen molar-refractivity contribution in [3.05, 3.63) is 21.9 Å². The largest absolute Gasteiger partial charge is 0.396 e. The first-order chi connectivity index (χ1) is 5.75. The van der Waals surface area contributed by atoms with Crippen molar-refractivity contribution in [1.29, 1.82) is 0 Å². The van der Waals surface area contributed by atoms with Gasteiger partial charge in [-0.3, -0.25) is 0 Å². The Morgan fingerprint density at radius 3 is 2.77 bits per heavy atom. The quantitative estimate of drug-likeness (QED) is 0.820. The van der Waals surface area contributed by atoms with Crippen LogP contribution in [0.5, 0.6) is 0 Å². The van der Waals surface area contributed by atoms with E-state index in [0.717, 1.165) is 12.8 Å². The van der Waals surface area contributed by atoms with Crippen LogP contribution in [0.15, 0.2) is 11.4 Å². The molecule has 3 N–H and O–H groups in total. The molecule has 1 aromatic heterocycles. The highest BCUT2D eigenvalue weighted by Crippen LogP contribution is 2.24. The third-order valence-corrected chi connectivity index (χ3v) is 3.06. The second-order valence-electron chi connectivity index (χ2n) is 2.94. The Bertz CT molecular complexity index is 239. The van der Waals surface area contributed by atoms with Gasteiger partial charge in [0.05, 0.1) is 0 Å². The third-order valence-electron chi connectivity index (χ3n) is 1.91. The van der Waals surface area contributed by atoms with Crippen molar-refractivity contribution in [1.82, 2.24) is 0 Å². The Balaban J connectivity index is 0.00000144. The van der Waals surface area contributed by atoms with E-state index in [1.807, 2.05) is 0 Å². The van der Waals surface area contributed by atoms with E-state index in [0.29, 0.717) is 0 Å². The SMILES string of the molecule is Cc1ccsc1[C@H](N)CCCO.Cl. The Morgan fingerprint density at radius 2 is 2.31 bits per heavy atom. The molecule has 0 aliphatic carbocycles. The summed E-state index contributed by atoms with van der Waals surface area (Å²) in [5.74, 6) is 0. The minimum Gasteiger partial charge on any atom is -0.396 e. The van der Waals surface area contributed by atoms with E-state index in [1.54, 1.807) is 11.3 Å². The molecule has 0 amide bonds. The van der Waals surface area contributed by atoms with Crippen molar-refractivity contribution >= 4 is 23.7 Å². The van der Waals surface area contributed by atoms with Crippen LogP contribution >= 0.6 is 23.7 Å². The van der Waals surface area contributed by atoms with Gasteiger partial charge < -0.3 is 10.8 Å². The zero-order valence-corrected chi connectivity index (χ0v) is 9.33. The molecule has 0 radical (unpaired) electrons. The minimum absolute atomic E-state index is 0. The second-order valence-corrected chi connectivity index (χ2v) is 3.89. The summed E-state index contributed by atoms with van der Waals surface area (Å²) >= 11 is 1.70. The normalized spacial score (nSPS) is 12.2. The number of rotatable bonds is 4. The number of thiophene rings is 1. The molecule has 0 saturated carbocycles. The summed E-state index contributed by atoms with van der Waals surface area (Å²) in [6, 6.07) is 2.19. The summed E-state index contributed by atoms with van der Waals surface area (Å²) in [5, 5.41) is 10.7. The van der Waals surface area contributed by atoms with E-state index in [4.69, 9.17) is 10.8 Å².